The lowest BCUT2D eigenvalue weighted by Gasteiger charge is -2.09. The number of nitrogens with one attached hydrogen (secondary N) is 2. The summed E-state index contributed by atoms with van der Waals surface area (Å²) in [6.45, 7) is 4.28. The van der Waals surface area contributed by atoms with Crippen molar-refractivity contribution in [2.45, 2.75) is 20.3 Å². The van der Waals surface area contributed by atoms with E-state index in [2.05, 4.69) is 25.3 Å². The molecule has 0 aliphatic rings. The van der Waals surface area contributed by atoms with Crippen molar-refractivity contribution < 1.29 is 4.79 Å². The van der Waals surface area contributed by atoms with Gasteiger partial charge in [0.2, 0.25) is 0 Å². The summed E-state index contributed by atoms with van der Waals surface area (Å²) in [4.78, 5) is 39.3. The predicted octanol–water partition coefficient (Wildman–Crippen LogP) is 1.82. The molecule has 3 aromatic rings. The molecule has 7 nitrogen and oxygen atoms in total. The highest BCUT2D eigenvalue weighted by Crippen LogP contribution is 2.12. The fourth-order valence-electron chi connectivity index (χ4n) is 2.58. The van der Waals surface area contributed by atoms with Crippen molar-refractivity contribution in [2.75, 3.05) is 6.54 Å². The van der Waals surface area contributed by atoms with Crippen LogP contribution in [0.15, 0.2) is 47.7 Å². The van der Waals surface area contributed by atoms with E-state index >= 15 is 0 Å². The van der Waals surface area contributed by atoms with Crippen LogP contribution in [0.2, 0.25) is 0 Å². The highest BCUT2D eigenvalue weighted by atomic mass is 16.1. The van der Waals surface area contributed by atoms with Gasteiger partial charge in [0, 0.05) is 37.0 Å². The summed E-state index contributed by atoms with van der Waals surface area (Å²) in [5.41, 5.74) is 3.49. The molecule has 0 radical (unpaired) electrons. The minimum Gasteiger partial charge on any atom is -0.352 e. The first-order chi connectivity index (χ1) is 12.5. The highest BCUT2D eigenvalue weighted by Gasteiger charge is 2.10. The molecule has 2 heterocycles. The molecular formula is C19H19N5O2. The summed E-state index contributed by atoms with van der Waals surface area (Å²) in [6, 6.07) is 7.06. The maximum absolute atomic E-state index is 12.3. The van der Waals surface area contributed by atoms with E-state index < -0.39 is 0 Å². The largest absolute Gasteiger partial charge is 0.352 e. The number of aromatic amines is 1. The zero-order valence-corrected chi connectivity index (χ0v) is 14.6. The van der Waals surface area contributed by atoms with Gasteiger partial charge in [0.15, 0.2) is 5.82 Å². The summed E-state index contributed by atoms with van der Waals surface area (Å²) < 4.78 is 0. The molecule has 0 aliphatic heterocycles. The second-order valence-corrected chi connectivity index (χ2v) is 5.93. The van der Waals surface area contributed by atoms with Crippen LogP contribution in [-0.2, 0) is 6.42 Å². The maximum Gasteiger partial charge on any atom is 0.251 e. The lowest BCUT2D eigenvalue weighted by molar-refractivity contribution is 0.0953. The van der Waals surface area contributed by atoms with Crippen LogP contribution in [0.4, 0.5) is 0 Å². The molecule has 2 aromatic heterocycles. The zero-order valence-electron chi connectivity index (χ0n) is 14.6. The Bertz CT molecular complexity index is 983. The van der Waals surface area contributed by atoms with Crippen LogP contribution in [0.1, 0.15) is 27.2 Å². The molecule has 0 bridgehead atoms. The zero-order chi connectivity index (χ0) is 18.5. The monoisotopic (exact) mass is 349 g/mol. The van der Waals surface area contributed by atoms with E-state index in [0.29, 0.717) is 35.7 Å². The number of aromatic nitrogens is 4. The van der Waals surface area contributed by atoms with Crippen molar-refractivity contribution in [1.29, 1.82) is 0 Å². The van der Waals surface area contributed by atoms with Crippen molar-refractivity contribution in [3.05, 3.63) is 75.6 Å². The molecule has 0 saturated heterocycles. The number of hydrogen-bond donors (Lipinski definition) is 2. The molecule has 1 aromatic carbocycles. The molecule has 7 heteroatoms. The van der Waals surface area contributed by atoms with E-state index in [1.807, 2.05) is 26.0 Å². The Hall–Kier alpha value is -3.35. The minimum atomic E-state index is -0.267. The van der Waals surface area contributed by atoms with Gasteiger partial charge in [0.05, 0.1) is 11.9 Å². The van der Waals surface area contributed by atoms with E-state index in [9.17, 15) is 9.59 Å². The van der Waals surface area contributed by atoms with Crippen molar-refractivity contribution in [3.8, 4) is 11.5 Å². The Kier molecular flexibility index (Phi) is 5.17. The Morgan fingerprint density at radius 1 is 1.23 bits per heavy atom. The molecule has 0 fully saturated rings. The number of carbonyl (C=O) groups excluding carboxylic acids is 1. The second-order valence-electron chi connectivity index (χ2n) is 5.93. The minimum absolute atomic E-state index is 0.134. The molecule has 132 valence electrons. The number of hydrogen-bond acceptors (Lipinski definition) is 5. The van der Waals surface area contributed by atoms with Crippen LogP contribution in [0, 0.1) is 13.8 Å². The molecule has 1 amide bonds. The fourth-order valence-corrected chi connectivity index (χ4v) is 2.58. The number of amides is 1. The molecule has 0 atom stereocenters. The molecule has 0 unspecified atom stereocenters. The first kappa shape index (κ1) is 17.5. The first-order valence-corrected chi connectivity index (χ1v) is 8.25. The molecule has 26 heavy (non-hydrogen) atoms. The summed E-state index contributed by atoms with van der Waals surface area (Å²) in [5.74, 6) is 0.228. The number of H-pyrrole nitrogens is 1. The molecule has 0 saturated carbocycles. The van der Waals surface area contributed by atoms with Gasteiger partial charge in [-0.15, -0.1) is 0 Å². The second kappa shape index (κ2) is 7.69. The standard InChI is InChI=1S/C19H19N5O2/c1-12-4-3-5-15(13(12)2)19(26)22-7-6-14-10-17(25)24-18(23-14)16-11-20-8-9-21-16/h3-5,8-11H,6-7H2,1-2H3,(H,22,26)(H,23,24,25). The highest BCUT2D eigenvalue weighted by molar-refractivity contribution is 5.95. The van der Waals surface area contributed by atoms with Crippen molar-refractivity contribution in [3.63, 3.8) is 0 Å². The molecular weight excluding hydrogens is 330 g/mol. The summed E-state index contributed by atoms with van der Waals surface area (Å²) >= 11 is 0. The van der Waals surface area contributed by atoms with Gasteiger partial charge in [-0.1, -0.05) is 12.1 Å². The number of nitrogens with zero attached hydrogens (tertiary/aromatic N) is 3. The van der Waals surface area contributed by atoms with Gasteiger partial charge < -0.3 is 10.3 Å². The predicted molar refractivity (Wildman–Crippen MR) is 97.8 cm³/mol. The van der Waals surface area contributed by atoms with Crippen LogP contribution in [-0.4, -0.2) is 32.4 Å². The molecule has 3 rings (SSSR count). The van der Waals surface area contributed by atoms with Crippen molar-refractivity contribution >= 4 is 5.91 Å². The third-order valence-electron chi connectivity index (χ3n) is 4.12. The van der Waals surface area contributed by atoms with Gasteiger partial charge in [0.25, 0.3) is 11.5 Å². The van der Waals surface area contributed by atoms with E-state index in [-0.39, 0.29) is 11.5 Å². The fraction of sp³-hybridized carbons (Fsp3) is 0.211. The normalized spacial score (nSPS) is 10.5. The van der Waals surface area contributed by atoms with Crippen LogP contribution in [0.3, 0.4) is 0 Å². The first-order valence-electron chi connectivity index (χ1n) is 8.25. The number of rotatable bonds is 5. The van der Waals surface area contributed by atoms with Gasteiger partial charge in [0.1, 0.15) is 5.69 Å². The smallest absolute Gasteiger partial charge is 0.251 e. The van der Waals surface area contributed by atoms with Gasteiger partial charge in [-0.05, 0) is 31.0 Å². The Morgan fingerprint density at radius 3 is 2.85 bits per heavy atom. The molecule has 0 aliphatic carbocycles. The summed E-state index contributed by atoms with van der Waals surface area (Å²) in [6.07, 6.45) is 5.05. The van der Waals surface area contributed by atoms with Gasteiger partial charge in [-0.2, -0.15) is 0 Å². The Labute approximate surface area is 150 Å². The van der Waals surface area contributed by atoms with E-state index in [4.69, 9.17) is 0 Å². The SMILES string of the molecule is Cc1cccc(C(=O)NCCc2cc(=O)[nH]c(-c3cnccn3)n2)c1C. The maximum atomic E-state index is 12.3. The molecule has 2 N–H and O–H groups in total. The van der Waals surface area contributed by atoms with E-state index in [1.165, 1.54) is 18.5 Å². The van der Waals surface area contributed by atoms with E-state index in [1.54, 1.807) is 12.3 Å². The lowest BCUT2D eigenvalue weighted by Crippen LogP contribution is -2.27. The van der Waals surface area contributed by atoms with Crippen molar-refractivity contribution in [2.24, 2.45) is 0 Å². The van der Waals surface area contributed by atoms with Crippen molar-refractivity contribution in [1.82, 2.24) is 25.3 Å². The number of benzene rings is 1. The third kappa shape index (κ3) is 4.00. The average molecular weight is 349 g/mol. The topological polar surface area (TPSA) is 101 Å². The average Bonchev–Trinajstić information content (AvgIpc) is 2.64. The number of aryl methyl sites for hydroxylation is 1. The number of carbonyl (C=O) groups is 1. The van der Waals surface area contributed by atoms with Gasteiger partial charge in [-0.3, -0.25) is 14.6 Å². The molecule has 0 spiro atoms. The quantitative estimate of drug-likeness (QED) is 0.732. The van der Waals surface area contributed by atoms with Crippen LogP contribution >= 0.6 is 0 Å². The summed E-state index contributed by atoms with van der Waals surface area (Å²) in [5, 5.41) is 2.88. The van der Waals surface area contributed by atoms with Crippen LogP contribution in [0.5, 0.6) is 0 Å². The third-order valence-corrected chi connectivity index (χ3v) is 4.12. The van der Waals surface area contributed by atoms with Crippen LogP contribution < -0.4 is 10.9 Å². The lowest BCUT2D eigenvalue weighted by atomic mass is 10.0. The van der Waals surface area contributed by atoms with Gasteiger partial charge >= 0.3 is 0 Å². The van der Waals surface area contributed by atoms with Gasteiger partial charge in [-0.25, -0.2) is 9.97 Å². The van der Waals surface area contributed by atoms with E-state index in [0.717, 1.165) is 11.1 Å². The Balaban J connectivity index is 1.69. The summed E-state index contributed by atoms with van der Waals surface area (Å²) in [7, 11) is 0. The Morgan fingerprint density at radius 2 is 2.08 bits per heavy atom. The van der Waals surface area contributed by atoms with Crippen LogP contribution in [0.25, 0.3) is 11.5 Å².